The fourth-order valence-corrected chi connectivity index (χ4v) is 2.31. The Labute approximate surface area is 124 Å². The normalized spacial score (nSPS) is 10.7. The number of nitrogens with one attached hydrogen (secondary N) is 1. The number of carbonyl (C=O) groups is 1. The standard InChI is InChI=1S/C17H20N2O2/c1-10(2)13-6-5-7-14(9-13)19-16-15(17(20)21)11(3)8-12(4)18-16/h5-10H,1-4H3,(H,18,19)(H,20,21). The van der Waals surface area contributed by atoms with Gasteiger partial charge in [0.15, 0.2) is 0 Å². The van der Waals surface area contributed by atoms with Gasteiger partial charge in [0.25, 0.3) is 0 Å². The van der Waals surface area contributed by atoms with Crippen LogP contribution < -0.4 is 5.32 Å². The number of carboxylic acid groups (broad SMARTS) is 1. The van der Waals surface area contributed by atoms with Crippen molar-refractivity contribution in [2.75, 3.05) is 5.32 Å². The fraction of sp³-hybridized carbons (Fsp3) is 0.294. The van der Waals surface area contributed by atoms with E-state index in [1.807, 2.05) is 25.1 Å². The molecule has 0 aliphatic heterocycles. The van der Waals surface area contributed by atoms with Crippen molar-refractivity contribution in [2.24, 2.45) is 0 Å². The molecular weight excluding hydrogens is 264 g/mol. The summed E-state index contributed by atoms with van der Waals surface area (Å²) in [4.78, 5) is 15.8. The SMILES string of the molecule is Cc1cc(C)c(C(=O)O)c(Nc2cccc(C(C)C)c2)n1. The van der Waals surface area contributed by atoms with Crippen LogP contribution in [0.2, 0.25) is 0 Å². The second-order valence-electron chi connectivity index (χ2n) is 5.51. The third kappa shape index (κ3) is 3.40. The first kappa shape index (κ1) is 15.0. The van der Waals surface area contributed by atoms with Gasteiger partial charge in [0, 0.05) is 11.4 Å². The molecule has 0 radical (unpaired) electrons. The van der Waals surface area contributed by atoms with Crippen molar-refractivity contribution in [3.8, 4) is 0 Å². The van der Waals surface area contributed by atoms with E-state index in [2.05, 4.69) is 30.2 Å². The molecule has 21 heavy (non-hydrogen) atoms. The highest BCUT2D eigenvalue weighted by Gasteiger charge is 2.16. The van der Waals surface area contributed by atoms with Gasteiger partial charge in [-0.3, -0.25) is 0 Å². The van der Waals surface area contributed by atoms with E-state index in [-0.39, 0.29) is 5.56 Å². The highest BCUT2D eigenvalue weighted by atomic mass is 16.4. The van der Waals surface area contributed by atoms with Crippen LogP contribution in [0.1, 0.15) is 46.9 Å². The lowest BCUT2D eigenvalue weighted by Crippen LogP contribution is -2.08. The van der Waals surface area contributed by atoms with Gasteiger partial charge in [-0.05, 0) is 49.1 Å². The molecule has 2 aromatic rings. The van der Waals surface area contributed by atoms with E-state index in [1.54, 1.807) is 13.0 Å². The van der Waals surface area contributed by atoms with Crippen LogP contribution in [-0.2, 0) is 0 Å². The Hall–Kier alpha value is -2.36. The maximum Gasteiger partial charge on any atom is 0.339 e. The monoisotopic (exact) mass is 284 g/mol. The van der Waals surface area contributed by atoms with E-state index in [1.165, 1.54) is 5.56 Å². The Morgan fingerprint density at radius 3 is 2.57 bits per heavy atom. The number of benzene rings is 1. The summed E-state index contributed by atoms with van der Waals surface area (Å²) in [7, 11) is 0. The first-order valence-electron chi connectivity index (χ1n) is 6.97. The van der Waals surface area contributed by atoms with Crippen molar-refractivity contribution in [3.63, 3.8) is 0 Å². The molecular formula is C17H20N2O2. The van der Waals surface area contributed by atoms with Crippen LogP contribution in [0.3, 0.4) is 0 Å². The molecule has 0 amide bonds. The number of aromatic nitrogens is 1. The second-order valence-corrected chi connectivity index (χ2v) is 5.51. The maximum absolute atomic E-state index is 11.4. The Kier molecular flexibility index (Phi) is 4.26. The molecule has 0 aliphatic rings. The summed E-state index contributed by atoms with van der Waals surface area (Å²) < 4.78 is 0. The molecule has 1 aromatic carbocycles. The Balaban J connectivity index is 2.44. The van der Waals surface area contributed by atoms with E-state index in [0.717, 1.165) is 11.4 Å². The summed E-state index contributed by atoms with van der Waals surface area (Å²) >= 11 is 0. The quantitative estimate of drug-likeness (QED) is 0.880. The number of aryl methyl sites for hydroxylation is 2. The van der Waals surface area contributed by atoms with Crippen molar-refractivity contribution in [1.29, 1.82) is 0 Å². The fourth-order valence-electron chi connectivity index (χ4n) is 2.31. The maximum atomic E-state index is 11.4. The topological polar surface area (TPSA) is 62.2 Å². The smallest absolute Gasteiger partial charge is 0.339 e. The molecule has 1 heterocycles. The molecule has 0 spiro atoms. The van der Waals surface area contributed by atoms with Crippen LogP contribution in [-0.4, -0.2) is 16.1 Å². The number of anilines is 2. The largest absolute Gasteiger partial charge is 0.478 e. The van der Waals surface area contributed by atoms with Crippen molar-refractivity contribution in [1.82, 2.24) is 4.98 Å². The minimum atomic E-state index is -0.970. The van der Waals surface area contributed by atoms with E-state index >= 15 is 0 Å². The summed E-state index contributed by atoms with van der Waals surface area (Å²) in [6, 6.07) is 9.73. The molecule has 0 fully saturated rings. The first-order chi connectivity index (χ1) is 9.88. The van der Waals surface area contributed by atoms with Gasteiger partial charge in [0.2, 0.25) is 0 Å². The van der Waals surface area contributed by atoms with Crippen LogP contribution in [0, 0.1) is 13.8 Å². The van der Waals surface area contributed by atoms with Gasteiger partial charge in [-0.2, -0.15) is 0 Å². The van der Waals surface area contributed by atoms with Crippen molar-refractivity contribution < 1.29 is 9.90 Å². The molecule has 110 valence electrons. The predicted molar refractivity (Wildman–Crippen MR) is 84.5 cm³/mol. The molecule has 0 saturated heterocycles. The van der Waals surface area contributed by atoms with Crippen LogP contribution in [0.15, 0.2) is 30.3 Å². The Morgan fingerprint density at radius 2 is 1.95 bits per heavy atom. The summed E-state index contributed by atoms with van der Waals surface area (Å²) in [6.07, 6.45) is 0. The number of pyridine rings is 1. The third-order valence-corrected chi connectivity index (χ3v) is 3.37. The zero-order valence-corrected chi connectivity index (χ0v) is 12.8. The van der Waals surface area contributed by atoms with Gasteiger partial charge in [0.05, 0.1) is 0 Å². The number of aromatic carboxylic acids is 1. The predicted octanol–water partition coefficient (Wildman–Crippen LogP) is 4.26. The lowest BCUT2D eigenvalue weighted by Gasteiger charge is -2.13. The van der Waals surface area contributed by atoms with Crippen LogP contribution in [0.25, 0.3) is 0 Å². The lowest BCUT2D eigenvalue weighted by molar-refractivity contribution is 0.0697. The van der Waals surface area contributed by atoms with Crippen molar-refractivity contribution in [3.05, 3.63) is 52.7 Å². The molecule has 0 atom stereocenters. The number of carboxylic acids is 1. The highest BCUT2D eigenvalue weighted by Crippen LogP contribution is 2.25. The van der Waals surface area contributed by atoms with Crippen LogP contribution >= 0.6 is 0 Å². The Bertz CT molecular complexity index is 678. The molecule has 0 aliphatic carbocycles. The molecule has 2 N–H and O–H groups in total. The average Bonchev–Trinajstić information content (AvgIpc) is 2.37. The van der Waals surface area contributed by atoms with Gasteiger partial charge in [-0.25, -0.2) is 9.78 Å². The summed E-state index contributed by atoms with van der Waals surface area (Å²) in [5, 5.41) is 12.5. The second kappa shape index (κ2) is 5.95. The van der Waals surface area contributed by atoms with Crippen molar-refractivity contribution in [2.45, 2.75) is 33.6 Å². The minimum absolute atomic E-state index is 0.218. The number of hydrogen-bond acceptors (Lipinski definition) is 3. The van der Waals surface area contributed by atoms with E-state index < -0.39 is 5.97 Å². The van der Waals surface area contributed by atoms with Gasteiger partial charge in [-0.1, -0.05) is 26.0 Å². The van der Waals surface area contributed by atoms with Crippen LogP contribution in [0.4, 0.5) is 11.5 Å². The Morgan fingerprint density at radius 1 is 1.24 bits per heavy atom. The summed E-state index contributed by atoms with van der Waals surface area (Å²) in [6.45, 7) is 7.88. The van der Waals surface area contributed by atoms with Crippen molar-refractivity contribution >= 4 is 17.5 Å². The molecule has 2 rings (SSSR count). The lowest BCUT2D eigenvalue weighted by atomic mass is 10.0. The zero-order chi connectivity index (χ0) is 15.6. The summed E-state index contributed by atoms with van der Waals surface area (Å²) in [5.41, 5.74) is 3.76. The number of rotatable bonds is 4. The molecule has 0 saturated carbocycles. The average molecular weight is 284 g/mol. The summed E-state index contributed by atoms with van der Waals surface area (Å²) in [5.74, 6) is -0.165. The third-order valence-electron chi connectivity index (χ3n) is 3.37. The minimum Gasteiger partial charge on any atom is -0.478 e. The molecule has 1 aromatic heterocycles. The number of hydrogen-bond donors (Lipinski definition) is 2. The van der Waals surface area contributed by atoms with E-state index in [9.17, 15) is 9.90 Å². The van der Waals surface area contributed by atoms with E-state index in [0.29, 0.717) is 17.3 Å². The van der Waals surface area contributed by atoms with Crippen LogP contribution in [0.5, 0.6) is 0 Å². The molecule has 4 nitrogen and oxygen atoms in total. The molecule has 4 heteroatoms. The highest BCUT2D eigenvalue weighted by molar-refractivity contribution is 5.95. The number of nitrogens with zero attached hydrogens (tertiary/aromatic N) is 1. The van der Waals surface area contributed by atoms with E-state index in [4.69, 9.17) is 0 Å². The van der Waals surface area contributed by atoms with Gasteiger partial charge < -0.3 is 10.4 Å². The first-order valence-corrected chi connectivity index (χ1v) is 6.97. The zero-order valence-electron chi connectivity index (χ0n) is 12.8. The van der Waals surface area contributed by atoms with Gasteiger partial charge >= 0.3 is 5.97 Å². The van der Waals surface area contributed by atoms with Gasteiger partial charge in [-0.15, -0.1) is 0 Å². The molecule has 0 bridgehead atoms. The van der Waals surface area contributed by atoms with Gasteiger partial charge in [0.1, 0.15) is 11.4 Å². The molecule has 0 unspecified atom stereocenters.